The van der Waals surface area contributed by atoms with Gasteiger partial charge in [-0.25, -0.2) is 17.5 Å². The van der Waals surface area contributed by atoms with Crippen LogP contribution in [-0.4, -0.2) is 20.6 Å². The smallest absolute Gasteiger partial charge is 0.264 e. The number of rotatable bonds is 5. The van der Waals surface area contributed by atoms with Gasteiger partial charge in [0.15, 0.2) is 0 Å². The van der Waals surface area contributed by atoms with Crippen molar-refractivity contribution in [3.05, 3.63) is 65.5 Å². The van der Waals surface area contributed by atoms with Crippen molar-refractivity contribution >= 4 is 15.9 Å². The zero-order chi connectivity index (χ0) is 16.2. The Hall–Kier alpha value is -2.41. The van der Waals surface area contributed by atoms with Gasteiger partial charge in [-0.2, -0.15) is 0 Å². The van der Waals surface area contributed by atoms with Crippen LogP contribution in [0.3, 0.4) is 0 Å². The lowest BCUT2D eigenvalue weighted by molar-refractivity contribution is 0.0981. The standard InChI is InChI=1S/C15H14FNO4S/c1-22(19,20)17-15(18)12-4-8-14(9-5-12)21-10-11-2-6-13(16)7-3-11/h2-9H,10H2,1H3,(H,17,18). The van der Waals surface area contributed by atoms with Gasteiger partial charge in [0.1, 0.15) is 18.2 Å². The molecule has 0 saturated heterocycles. The van der Waals surface area contributed by atoms with Crippen molar-refractivity contribution in [3.63, 3.8) is 0 Å². The number of hydrogen-bond acceptors (Lipinski definition) is 4. The molecule has 116 valence electrons. The van der Waals surface area contributed by atoms with Crippen molar-refractivity contribution in [2.45, 2.75) is 6.61 Å². The second kappa shape index (κ2) is 6.57. The fourth-order valence-electron chi connectivity index (χ4n) is 1.68. The van der Waals surface area contributed by atoms with E-state index in [1.54, 1.807) is 24.3 Å². The molecule has 0 aliphatic carbocycles. The highest BCUT2D eigenvalue weighted by atomic mass is 32.2. The first-order valence-corrected chi connectivity index (χ1v) is 8.22. The molecule has 0 heterocycles. The molecule has 0 aliphatic rings. The number of sulfonamides is 1. The van der Waals surface area contributed by atoms with Gasteiger partial charge in [-0.05, 0) is 42.0 Å². The first-order valence-electron chi connectivity index (χ1n) is 6.33. The molecule has 1 amide bonds. The van der Waals surface area contributed by atoms with E-state index >= 15 is 0 Å². The lowest BCUT2D eigenvalue weighted by atomic mass is 10.2. The summed E-state index contributed by atoms with van der Waals surface area (Å²) in [5, 5.41) is 0. The van der Waals surface area contributed by atoms with Crippen molar-refractivity contribution in [2.24, 2.45) is 0 Å². The molecule has 2 aromatic carbocycles. The van der Waals surface area contributed by atoms with Crippen molar-refractivity contribution in [1.29, 1.82) is 0 Å². The predicted octanol–water partition coefficient (Wildman–Crippen LogP) is 2.09. The molecular formula is C15H14FNO4S. The molecule has 2 aromatic rings. The topological polar surface area (TPSA) is 72.5 Å². The third-order valence-electron chi connectivity index (χ3n) is 2.71. The van der Waals surface area contributed by atoms with Gasteiger partial charge in [0.25, 0.3) is 5.91 Å². The number of halogens is 1. The molecule has 0 aliphatic heterocycles. The highest BCUT2D eigenvalue weighted by Crippen LogP contribution is 2.14. The van der Waals surface area contributed by atoms with E-state index in [1.165, 1.54) is 24.3 Å². The van der Waals surface area contributed by atoms with E-state index in [1.807, 2.05) is 4.72 Å². The first kappa shape index (κ1) is 16.0. The van der Waals surface area contributed by atoms with Gasteiger partial charge in [-0.3, -0.25) is 4.79 Å². The summed E-state index contributed by atoms with van der Waals surface area (Å²) in [6.45, 7) is 0.259. The average Bonchev–Trinajstić information content (AvgIpc) is 2.45. The molecule has 0 radical (unpaired) electrons. The fourth-order valence-corrected chi connectivity index (χ4v) is 2.13. The van der Waals surface area contributed by atoms with Crippen LogP contribution in [0, 0.1) is 5.82 Å². The van der Waals surface area contributed by atoms with E-state index in [0.717, 1.165) is 11.8 Å². The Morgan fingerprint density at radius 1 is 1.09 bits per heavy atom. The molecule has 0 saturated carbocycles. The van der Waals surface area contributed by atoms with Crippen LogP contribution >= 0.6 is 0 Å². The summed E-state index contributed by atoms with van der Waals surface area (Å²) in [7, 11) is -3.59. The van der Waals surface area contributed by atoms with Gasteiger partial charge in [0.2, 0.25) is 10.0 Å². The van der Waals surface area contributed by atoms with Gasteiger partial charge in [0.05, 0.1) is 6.26 Å². The molecule has 0 fully saturated rings. The van der Waals surface area contributed by atoms with Crippen molar-refractivity contribution in [1.82, 2.24) is 4.72 Å². The number of carbonyl (C=O) groups excluding carboxylic acids is 1. The predicted molar refractivity (Wildman–Crippen MR) is 79.5 cm³/mol. The van der Waals surface area contributed by atoms with E-state index in [2.05, 4.69) is 0 Å². The Kier molecular flexibility index (Phi) is 4.77. The molecule has 0 unspecified atom stereocenters. The Morgan fingerprint density at radius 2 is 1.68 bits per heavy atom. The summed E-state index contributed by atoms with van der Waals surface area (Å²) >= 11 is 0. The maximum Gasteiger partial charge on any atom is 0.264 e. The van der Waals surface area contributed by atoms with Gasteiger partial charge >= 0.3 is 0 Å². The van der Waals surface area contributed by atoms with Crippen LogP contribution in [0.5, 0.6) is 5.75 Å². The largest absolute Gasteiger partial charge is 0.489 e. The van der Waals surface area contributed by atoms with Crippen molar-refractivity contribution in [2.75, 3.05) is 6.26 Å². The molecule has 0 bridgehead atoms. The third kappa shape index (κ3) is 4.85. The monoisotopic (exact) mass is 323 g/mol. The van der Waals surface area contributed by atoms with E-state index in [-0.39, 0.29) is 18.0 Å². The third-order valence-corrected chi connectivity index (χ3v) is 3.27. The summed E-state index contributed by atoms with van der Waals surface area (Å²) in [4.78, 5) is 11.6. The molecular weight excluding hydrogens is 309 g/mol. The van der Waals surface area contributed by atoms with Crippen LogP contribution in [0.15, 0.2) is 48.5 Å². The fraction of sp³-hybridized carbons (Fsp3) is 0.133. The van der Waals surface area contributed by atoms with E-state index < -0.39 is 15.9 Å². The summed E-state index contributed by atoms with van der Waals surface area (Å²) in [6.07, 6.45) is 0.908. The van der Waals surface area contributed by atoms with Crippen LogP contribution in [0.25, 0.3) is 0 Å². The number of carbonyl (C=O) groups is 1. The van der Waals surface area contributed by atoms with Crippen LogP contribution in [-0.2, 0) is 16.6 Å². The molecule has 0 spiro atoms. The van der Waals surface area contributed by atoms with Crippen LogP contribution in [0.2, 0.25) is 0 Å². The van der Waals surface area contributed by atoms with E-state index in [4.69, 9.17) is 4.74 Å². The number of hydrogen-bond donors (Lipinski definition) is 1. The van der Waals surface area contributed by atoms with E-state index in [0.29, 0.717) is 5.75 Å². The summed E-state index contributed by atoms with van der Waals surface area (Å²) < 4.78 is 42.1. The van der Waals surface area contributed by atoms with Crippen molar-refractivity contribution in [3.8, 4) is 5.75 Å². The zero-order valence-electron chi connectivity index (χ0n) is 11.7. The minimum Gasteiger partial charge on any atom is -0.489 e. The minimum absolute atomic E-state index is 0.208. The maximum absolute atomic E-state index is 12.8. The Balaban J connectivity index is 1.97. The number of nitrogens with one attached hydrogen (secondary N) is 1. The highest BCUT2D eigenvalue weighted by molar-refractivity contribution is 7.89. The Morgan fingerprint density at radius 3 is 2.23 bits per heavy atom. The number of ether oxygens (including phenoxy) is 1. The molecule has 2 rings (SSSR count). The summed E-state index contributed by atoms with van der Waals surface area (Å²) in [5.74, 6) is -0.502. The zero-order valence-corrected chi connectivity index (χ0v) is 12.6. The highest BCUT2D eigenvalue weighted by Gasteiger charge is 2.10. The number of benzene rings is 2. The van der Waals surface area contributed by atoms with Gasteiger partial charge < -0.3 is 4.74 Å². The molecule has 0 aromatic heterocycles. The lowest BCUT2D eigenvalue weighted by Gasteiger charge is -2.07. The lowest BCUT2D eigenvalue weighted by Crippen LogP contribution is -2.29. The Labute approximate surface area is 127 Å². The number of amides is 1. The summed E-state index contributed by atoms with van der Waals surface area (Å²) in [6, 6.07) is 11.9. The molecule has 22 heavy (non-hydrogen) atoms. The molecule has 5 nitrogen and oxygen atoms in total. The van der Waals surface area contributed by atoms with Crippen LogP contribution < -0.4 is 9.46 Å². The van der Waals surface area contributed by atoms with Crippen molar-refractivity contribution < 1.29 is 22.3 Å². The van der Waals surface area contributed by atoms with E-state index in [9.17, 15) is 17.6 Å². The SMILES string of the molecule is CS(=O)(=O)NC(=O)c1ccc(OCc2ccc(F)cc2)cc1. The second-order valence-corrected chi connectivity index (χ2v) is 6.39. The average molecular weight is 323 g/mol. The second-order valence-electron chi connectivity index (χ2n) is 4.64. The van der Waals surface area contributed by atoms with Gasteiger partial charge in [-0.15, -0.1) is 0 Å². The van der Waals surface area contributed by atoms with Crippen LogP contribution in [0.1, 0.15) is 15.9 Å². The molecule has 0 atom stereocenters. The Bertz CT molecular complexity index is 755. The first-order chi connectivity index (χ1) is 10.3. The van der Waals surface area contributed by atoms with Crippen LogP contribution in [0.4, 0.5) is 4.39 Å². The summed E-state index contributed by atoms with van der Waals surface area (Å²) in [5.41, 5.74) is 1.01. The van der Waals surface area contributed by atoms with Gasteiger partial charge in [-0.1, -0.05) is 12.1 Å². The molecule has 7 heteroatoms. The minimum atomic E-state index is -3.59. The quantitative estimate of drug-likeness (QED) is 0.914. The molecule has 1 N–H and O–H groups in total. The van der Waals surface area contributed by atoms with Gasteiger partial charge in [0, 0.05) is 5.56 Å². The normalized spacial score (nSPS) is 11.0. The maximum atomic E-state index is 12.8.